The molecule has 0 aliphatic heterocycles. The molecule has 5 heteroatoms. The molecule has 1 aromatic rings. The largest absolute Gasteiger partial charge is 0.363 e. The van der Waals surface area contributed by atoms with Crippen molar-refractivity contribution < 1.29 is 8.78 Å². The number of aromatic amines is 1. The molecule has 0 atom stereocenters. The lowest BCUT2D eigenvalue weighted by molar-refractivity contribution is 0.148. The van der Waals surface area contributed by atoms with Crippen molar-refractivity contribution >= 4 is 0 Å². The van der Waals surface area contributed by atoms with E-state index in [1.807, 2.05) is 0 Å². The Labute approximate surface area is 79.0 Å². The van der Waals surface area contributed by atoms with Gasteiger partial charge in [-0.3, -0.25) is 4.79 Å². The van der Waals surface area contributed by atoms with Crippen molar-refractivity contribution in [2.24, 2.45) is 0 Å². The average Bonchev–Trinajstić information content (AvgIpc) is 2.11. The zero-order chi connectivity index (χ0) is 10.7. The summed E-state index contributed by atoms with van der Waals surface area (Å²) in [6.07, 6.45) is -1.72. The van der Waals surface area contributed by atoms with E-state index >= 15 is 0 Å². The van der Waals surface area contributed by atoms with Gasteiger partial charge in [-0.05, 0) is 6.92 Å². The van der Waals surface area contributed by atoms with E-state index < -0.39 is 17.4 Å². The Morgan fingerprint density at radius 3 is 2.79 bits per heavy atom. The highest BCUT2D eigenvalue weighted by Crippen LogP contribution is 2.18. The van der Waals surface area contributed by atoms with Crippen LogP contribution in [0, 0.1) is 18.3 Å². The van der Waals surface area contributed by atoms with Crippen molar-refractivity contribution in [3.05, 3.63) is 33.2 Å². The van der Waals surface area contributed by atoms with Gasteiger partial charge in [0.15, 0.2) is 5.43 Å². The molecule has 0 radical (unpaired) electrons. The fourth-order valence-electron chi connectivity index (χ4n) is 1.14. The van der Waals surface area contributed by atoms with Crippen LogP contribution in [-0.2, 0) is 6.42 Å². The molecule has 1 aromatic heterocycles. The molecular weight excluding hydrogens is 190 g/mol. The lowest BCUT2D eigenvalue weighted by atomic mass is 10.1. The van der Waals surface area contributed by atoms with Gasteiger partial charge >= 0.3 is 0 Å². The second-order valence-corrected chi connectivity index (χ2v) is 2.83. The minimum absolute atomic E-state index is 0.00176. The van der Waals surface area contributed by atoms with Crippen molar-refractivity contribution in [1.82, 2.24) is 4.98 Å². The monoisotopic (exact) mass is 198 g/mol. The number of alkyl halides is 2. The van der Waals surface area contributed by atoms with Crippen molar-refractivity contribution in [1.29, 1.82) is 5.26 Å². The number of aryl methyl sites for hydroxylation is 1. The number of nitrogens with zero attached hydrogens (tertiary/aromatic N) is 1. The zero-order valence-electron chi connectivity index (χ0n) is 7.47. The van der Waals surface area contributed by atoms with Crippen LogP contribution >= 0.6 is 0 Å². The first kappa shape index (κ1) is 10.4. The second-order valence-electron chi connectivity index (χ2n) is 2.83. The minimum atomic E-state index is -2.85. The first-order valence-corrected chi connectivity index (χ1v) is 3.94. The van der Waals surface area contributed by atoms with Crippen LogP contribution in [0.5, 0.6) is 0 Å². The molecule has 0 bridgehead atoms. The number of nitrogens with one attached hydrogen (secondary N) is 1. The smallest absolute Gasteiger partial charge is 0.269 e. The highest BCUT2D eigenvalue weighted by Gasteiger charge is 2.18. The summed E-state index contributed by atoms with van der Waals surface area (Å²) in [6.45, 7) is 1.45. The maximum absolute atomic E-state index is 12.5. The van der Waals surface area contributed by atoms with E-state index in [1.165, 1.54) is 13.1 Å². The lowest BCUT2D eigenvalue weighted by Crippen LogP contribution is -2.16. The average molecular weight is 198 g/mol. The topological polar surface area (TPSA) is 56.6 Å². The normalized spacial score (nSPS) is 10.2. The number of pyridine rings is 1. The summed E-state index contributed by atoms with van der Waals surface area (Å²) < 4.78 is 24.9. The molecule has 0 aromatic carbocycles. The number of hydrogen-bond donors (Lipinski definition) is 1. The molecule has 0 aliphatic rings. The molecule has 0 saturated carbocycles. The van der Waals surface area contributed by atoms with Crippen LogP contribution in [-0.4, -0.2) is 4.98 Å². The van der Waals surface area contributed by atoms with Crippen molar-refractivity contribution in [2.45, 2.75) is 19.8 Å². The van der Waals surface area contributed by atoms with Gasteiger partial charge in [0.25, 0.3) is 6.43 Å². The molecule has 3 nitrogen and oxygen atoms in total. The van der Waals surface area contributed by atoms with Crippen molar-refractivity contribution in [2.75, 3.05) is 0 Å². The first-order valence-electron chi connectivity index (χ1n) is 3.94. The summed E-state index contributed by atoms with van der Waals surface area (Å²) in [4.78, 5) is 13.8. The third-order valence-corrected chi connectivity index (χ3v) is 1.86. The molecule has 0 amide bonds. The summed E-state index contributed by atoms with van der Waals surface area (Å²) in [7, 11) is 0. The third-order valence-electron chi connectivity index (χ3n) is 1.86. The zero-order valence-corrected chi connectivity index (χ0v) is 7.47. The summed E-state index contributed by atoms with van der Waals surface area (Å²) >= 11 is 0. The van der Waals surface area contributed by atoms with Gasteiger partial charge in [0.05, 0.1) is 18.1 Å². The number of hydrogen-bond acceptors (Lipinski definition) is 2. The molecule has 74 valence electrons. The van der Waals surface area contributed by atoms with Crippen LogP contribution in [0.3, 0.4) is 0 Å². The van der Waals surface area contributed by atoms with Gasteiger partial charge in [0.1, 0.15) is 0 Å². The summed E-state index contributed by atoms with van der Waals surface area (Å²) in [5.41, 5.74) is -1.06. The molecule has 1 rings (SSSR count). The van der Waals surface area contributed by atoms with Gasteiger partial charge in [-0.2, -0.15) is 5.26 Å². The highest BCUT2D eigenvalue weighted by atomic mass is 19.3. The fraction of sp³-hybridized carbons (Fsp3) is 0.333. The molecule has 1 N–H and O–H groups in total. The standard InChI is InChI=1S/C9H8F2N2O/c1-5-4-13-6(2-3-12)7(8(5)14)9(10)11/h4,9H,2H2,1H3,(H,13,14). The third kappa shape index (κ3) is 1.79. The molecule has 0 aliphatic carbocycles. The Morgan fingerprint density at radius 1 is 1.64 bits per heavy atom. The van der Waals surface area contributed by atoms with Crippen LogP contribution in [0.1, 0.15) is 23.2 Å². The van der Waals surface area contributed by atoms with Gasteiger partial charge in [0.2, 0.25) is 0 Å². The van der Waals surface area contributed by atoms with Gasteiger partial charge in [-0.1, -0.05) is 0 Å². The van der Waals surface area contributed by atoms with Crippen molar-refractivity contribution in [3.63, 3.8) is 0 Å². The van der Waals surface area contributed by atoms with E-state index in [4.69, 9.17) is 5.26 Å². The first-order chi connectivity index (χ1) is 6.57. The van der Waals surface area contributed by atoms with E-state index in [0.717, 1.165) is 0 Å². The molecule has 14 heavy (non-hydrogen) atoms. The van der Waals surface area contributed by atoms with E-state index in [1.54, 1.807) is 6.07 Å². The lowest BCUT2D eigenvalue weighted by Gasteiger charge is -2.05. The summed E-state index contributed by atoms with van der Waals surface area (Å²) in [5, 5.41) is 8.37. The Bertz CT molecular complexity index is 431. The number of rotatable bonds is 2. The van der Waals surface area contributed by atoms with E-state index in [0.29, 0.717) is 0 Å². The molecule has 1 heterocycles. The number of aromatic nitrogens is 1. The molecule has 0 spiro atoms. The molecule has 0 saturated heterocycles. The summed E-state index contributed by atoms with van der Waals surface area (Å²) in [5.74, 6) is 0. The highest BCUT2D eigenvalue weighted by molar-refractivity contribution is 5.27. The Kier molecular flexibility index (Phi) is 2.97. The van der Waals surface area contributed by atoms with Crippen LogP contribution in [0.2, 0.25) is 0 Å². The quantitative estimate of drug-likeness (QED) is 0.786. The van der Waals surface area contributed by atoms with E-state index in [-0.39, 0.29) is 17.7 Å². The van der Waals surface area contributed by atoms with E-state index in [9.17, 15) is 13.6 Å². The predicted molar refractivity (Wildman–Crippen MR) is 46.1 cm³/mol. The number of halogens is 2. The number of nitriles is 1. The SMILES string of the molecule is Cc1c[nH]c(CC#N)c(C(F)F)c1=O. The van der Waals surface area contributed by atoms with E-state index in [2.05, 4.69) is 4.98 Å². The van der Waals surface area contributed by atoms with Crippen LogP contribution < -0.4 is 5.43 Å². The van der Waals surface area contributed by atoms with Gasteiger partial charge in [-0.15, -0.1) is 0 Å². The maximum atomic E-state index is 12.5. The minimum Gasteiger partial charge on any atom is -0.363 e. The van der Waals surface area contributed by atoms with Gasteiger partial charge in [-0.25, -0.2) is 8.78 Å². The van der Waals surface area contributed by atoms with Crippen molar-refractivity contribution in [3.8, 4) is 6.07 Å². The second kappa shape index (κ2) is 4.01. The molecule has 0 fully saturated rings. The van der Waals surface area contributed by atoms with Crippen LogP contribution in [0.25, 0.3) is 0 Å². The Balaban J connectivity index is 3.39. The number of H-pyrrole nitrogens is 1. The van der Waals surface area contributed by atoms with Crippen LogP contribution in [0.15, 0.2) is 11.0 Å². The summed E-state index contributed by atoms with van der Waals surface area (Å²) in [6, 6.07) is 1.72. The Morgan fingerprint density at radius 2 is 2.29 bits per heavy atom. The predicted octanol–water partition coefficient (Wildman–Crippen LogP) is 1.69. The maximum Gasteiger partial charge on any atom is 0.269 e. The van der Waals surface area contributed by atoms with Gasteiger partial charge < -0.3 is 4.98 Å². The molecular formula is C9H8F2N2O. The fourth-order valence-corrected chi connectivity index (χ4v) is 1.14. The van der Waals surface area contributed by atoms with Gasteiger partial charge in [0, 0.05) is 17.5 Å². The van der Waals surface area contributed by atoms with Crippen LogP contribution in [0.4, 0.5) is 8.78 Å². The Hall–Kier alpha value is -1.70. The molecule has 0 unspecified atom stereocenters.